The predicted molar refractivity (Wildman–Crippen MR) is 136 cm³/mol. The van der Waals surface area contributed by atoms with Crippen molar-refractivity contribution in [3.8, 4) is 17.3 Å². The van der Waals surface area contributed by atoms with Crippen molar-refractivity contribution in [3.05, 3.63) is 59.8 Å². The molecule has 0 N–H and O–H groups in total. The molecule has 220 valence electrons. The second-order valence-corrected chi connectivity index (χ2v) is 10.1. The summed E-state index contributed by atoms with van der Waals surface area (Å²) in [6, 6.07) is 5.23. The third-order valence-corrected chi connectivity index (χ3v) is 7.00. The Hall–Kier alpha value is -4.49. The molecule has 16 heteroatoms. The SMILES string of the molecule is CC(=O)OCC1O[C@H](Sc2ccc(C#N)nc2)C(OC(C)=O)[C@@H](n2cc(-c3cc(F)c(F)c(F)c3)nn2)[C@H]1OC(C)=O. The summed E-state index contributed by atoms with van der Waals surface area (Å²) in [6.45, 7) is 3.06. The second-order valence-electron chi connectivity index (χ2n) is 8.93. The van der Waals surface area contributed by atoms with Crippen LogP contribution in [0, 0.1) is 28.8 Å². The van der Waals surface area contributed by atoms with E-state index < -0.39 is 65.1 Å². The first-order valence-corrected chi connectivity index (χ1v) is 13.1. The maximum atomic E-state index is 13.9. The van der Waals surface area contributed by atoms with Crippen LogP contribution < -0.4 is 0 Å². The van der Waals surface area contributed by atoms with Crippen LogP contribution in [0.1, 0.15) is 32.5 Å². The minimum absolute atomic E-state index is 0.0838. The summed E-state index contributed by atoms with van der Waals surface area (Å²) in [6.07, 6.45) is -0.998. The van der Waals surface area contributed by atoms with Gasteiger partial charge in [0.15, 0.2) is 29.7 Å². The molecule has 0 bridgehead atoms. The van der Waals surface area contributed by atoms with E-state index in [9.17, 15) is 27.6 Å². The maximum absolute atomic E-state index is 13.9. The first-order valence-electron chi connectivity index (χ1n) is 12.2. The molecule has 1 fully saturated rings. The molecule has 0 spiro atoms. The third kappa shape index (κ3) is 7.04. The number of nitrogens with zero attached hydrogens (tertiary/aromatic N) is 5. The molecule has 4 rings (SSSR count). The van der Waals surface area contributed by atoms with Gasteiger partial charge in [-0.1, -0.05) is 17.0 Å². The zero-order valence-electron chi connectivity index (χ0n) is 22.2. The number of hydrogen-bond acceptors (Lipinski definition) is 12. The zero-order chi connectivity index (χ0) is 30.6. The Bertz CT molecular complexity index is 1510. The van der Waals surface area contributed by atoms with Crippen LogP contribution in [0.2, 0.25) is 0 Å². The normalized spacial score (nSPS) is 21.7. The molecule has 1 aliphatic rings. The Labute approximate surface area is 240 Å². The van der Waals surface area contributed by atoms with Crippen molar-refractivity contribution in [1.29, 1.82) is 5.26 Å². The highest BCUT2D eigenvalue weighted by atomic mass is 32.2. The number of hydrogen-bond donors (Lipinski definition) is 0. The van der Waals surface area contributed by atoms with Gasteiger partial charge >= 0.3 is 17.9 Å². The molecular formula is C26H22F3N5O7S. The number of carbonyl (C=O) groups excluding carboxylic acids is 3. The van der Waals surface area contributed by atoms with Gasteiger partial charge in [0.25, 0.3) is 0 Å². The van der Waals surface area contributed by atoms with Crippen molar-refractivity contribution in [2.24, 2.45) is 0 Å². The molecular weight excluding hydrogens is 583 g/mol. The Morgan fingerprint density at radius 2 is 1.71 bits per heavy atom. The number of rotatable bonds is 8. The lowest BCUT2D eigenvalue weighted by Gasteiger charge is -2.44. The van der Waals surface area contributed by atoms with Crippen molar-refractivity contribution < 1.29 is 46.5 Å². The highest BCUT2D eigenvalue weighted by Gasteiger charge is 2.52. The van der Waals surface area contributed by atoms with Crippen molar-refractivity contribution in [2.75, 3.05) is 6.61 Å². The standard InChI is InChI=1S/C26H22F3N5O7S/c1-12(35)38-11-21-24(39-13(2)36)23(34-10-20(32-33-34)15-6-18(27)22(29)19(28)7-15)25(40-14(3)37)26(41-21)42-17-5-4-16(8-30)31-9-17/h4-7,9-10,21,23-26H,11H2,1-3H3/t21?,23-,24-,25?,26+/m0/s1. The Morgan fingerprint density at radius 1 is 1.05 bits per heavy atom. The maximum Gasteiger partial charge on any atom is 0.303 e. The minimum Gasteiger partial charge on any atom is -0.463 e. The monoisotopic (exact) mass is 605 g/mol. The van der Waals surface area contributed by atoms with Crippen molar-refractivity contribution in [1.82, 2.24) is 20.0 Å². The fourth-order valence-electron chi connectivity index (χ4n) is 4.19. The molecule has 0 saturated carbocycles. The second kappa shape index (κ2) is 13.0. The van der Waals surface area contributed by atoms with Gasteiger partial charge in [0.1, 0.15) is 41.6 Å². The molecule has 2 unspecified atom stereocenters. The van der Waals surface area contributed by atoms with E-state index in [4.69, 9.17) is 24.2 Å². The van der Waals surface area contributed by atoms with Crippen LogP contribution in [0.4, 0.5) is 13.2 Å². The Kier molecular flexibility index (Phi) is 9.43. The topological polar surface area (TPSA) is 156 Å². The van der Waals surface area contributed by atoms with Crippen molar-refractivity contribution >= 4 is 29.7 Å². The fraction of sp³-hybridized carbons (Fsp3) is 0.346. The van der Waals surface area contributed by atoms with Gasteiger partial charge < -0.3 is 18.9 Å². The van der Waals surface area contributed by atoms with Crippen LogP contribution in [0.3, 0.4) is 0 Å². The molecule has 1 aliphatic heterocycles. The van der Waals surface area contributed by atoms with E-state index in [0.29, 0.717) is 4.90 Å². The number of carbonyl (C=O) groups is 3. The van der Waals surface area contributed by atoms with Crippen LogP contribution in [0.5, 0.6) is 0 Å². The van der Waals surface area contributed by atoms with E-state index >= 15 is 0 Å². The van der Waals surface area contributed by atoms with Gasteiger partial charge in [-0.2, -0.15) is 5.26 Å². The average Bonchev–Trinajstić information content (AvgIpc) is 3.41. The number of pyridine rings is 1. The largest absolute Gasteiger partial charge is 0.463 e. The van der Waals surface area contributed by atoms with Crippen LogP contribution in [-0.4, -0.2) is 68.2 Å². The summed E-state index contributed by atoms with van der Waals surface area (Å²) in [4.78, 5) is 40.6. The predicted octanol–water partition coefficient (Wildman–Crippen LogP) is 3.11. The summed E-state index contributed by atoms with van der Waals surface area (Å²) >= 11 is 1.05. The summed E-state index contributed by atoms with van der Waals surface area (Å²) in [5.41, 5.74) is -1.12. The Balaban J connectivity index is 1.81. The number of ether oxygens (including phenoxy) is 4. The van der Waals surface area contributed by atoms with Crippen LogP contribution >= 0.6 is 11.8 Å². The average molecular weight is 606 g/mol. The van der Waals surface area contributed by atoms with Gasteiger partial charge in [0.2, 0.25) is 0 Å². The van der Waals surface area contributed by atoms with Gasteiger partial charge in [-0.25, -0.2) is 22.8 Å². The fourth-order valence-corrected chi connectivity index (χ4v) is 5.26. The lowest BCUT2D eigenvalue weighted by molar-refractivity contribution is -0.212. The number of halogens is 3. The molecule has 1 saturated heterocycles. The van der Waals surface area contributed by atoms with Crippen LogP contribution in [0.25, 0.3) is 11.3 Å². The number of benzene rings is 1. The number of esters is 3. The van der Waals surface area contributed by atoms with E-state index in [2.05, 4.69) is 15.3 Å². The Morgan fingerprint density at radius 3 is 2.29 bits per heavy atom. The van der Waals surface area contributed by atoms with E-state index in [0.717, 1.165) is 42.4 Å². The molecule has 3 heterocycles. The van der Waals surface area contributed by atoms with Crippen LogP contribution in [0.15, 0.2) is 41.6 Å². The lowest BCUT2D eigenvalue weighted by atomic mass is 9.96. The first kappa shape index (κ1) is 30.5. The molecule has 1 aromatic carbocycles. The molecule has 42 heavy (non-hydrogen) atoms. The number of thioether (sulfide) groups is 1. The number of aromatic nitrogens is 4. The van der Waals surface area contributed by atoms with E-state index in [-0.39, 0.29) is 23.6 Å². The van der Waals surface area contributed by atoms with Gasteiger partial charge in [-0.05, 0) is 24.3 Å². The van der Waals surface area contributed by atoms with Crippen molar-refractivity contribution in [2.45, 2.75) is 55.5 Å². The molecule has 0 aliphatic carbocycles. The summed E-state index contributed by atoms with van der Waals surface area (Å²) < 4.78 is 65.1. The third-order valence-electron chi connectivity index (χ3n) is 5.87. The highest BCUT2D eigenvalue weighted by Crippen LogP contribution is 2.41. The van der Waals surface area contributed by atoms with Crippen LogP contribution in [-0.2, 0) is 33.3 Å². The van der Waals surface area contributed by atoms with Gasteiger partial charge in [0.05, 0.1) is 6.20 Å². The van der Waals surface area contributed by atoms with Gasteiger partial charge in [-0.3, -0.25) is 14.4 Å². The summed E-state index contributed by atoms with van der Waals surface area (Å²) in [5.74, 6) is -6.70. The minimum atomic E-state index is -1.66. The summed E-state index contributed by atoms with van der Waals surface area (Å²) in [5, 5.41) is 17.0. The van der Waals surface area contributed by atoms with Gasteiger partial charge in [0, 0.05) is 37.4 Å². The molecule has 0 radical (unpaired) electrons. The summed E-state index contributed by atoms with van der Waals surface area (Å²) in [7, 11) is 0. The zero-order valence-corrected chi connectivity index (χ0v) is 23.0. The van der Waals surface area contributed by atoms with E-state index in [1.54, 1.807) is 6.07 Å². The molecule has 5 atom stereocenters. The number of nitriles is 1. The molecule has 3 aromatic rings. The quantitative estimate of drug-likeness (QED) is 0.210. The first-order chi connectivity index (χ1) is 20.0. The molecule has 12 nitrogen and oxygen atoms in total. The highest BCUT2D eigenvalue weighted by molar-refractivity contribution is 7.99. The van der Waals surface area contributed by atoms with Crippen molar-refractivity contribution in [3.63, 3.8) is 0 Å². The van der Waals surface area contributed by atoms with E-state index in [1.165, 1.54) is 25.4 Å². The lowest BCUT2D eigenvalue weighted by Crippen LogP contribution is -2.57. The van der Waals surface area contributed by atoms with Gasteiger partial charge in [-0.15, -0.1) is 5.10 Å². The van der Waals surface area contributed by atoms with E-state index in [1.807, 2.05) is 6.07 Å². The smallest absolute Gasteiger partial charge is 0.303 e. The molecule has 2 aromatic heterocycles. The molecule has 0 amide bonds.